The second-order valence-electron chi connectivity index (χ2n) is 5.90. The maximum atomic E-state index is 12.4. The van der Waals surface area contributed by atoms with Crippen molar-refractivity contribution in [2.24, 2.45) is 5.92 Å². The molecule has 0 aromatic carbocycles. The Bertz CT molecular complexity index is 638. The van der Waals surface area contributed by atoms with Crippen LogP contribution in [-0.2, 0) is 11.2 Å². The van der Waals surface area contributed by atoms with E-state index in [1.807, 2.05) is 34.7 Å². The third kappa shape index (κ3) is 2.96. The zero-order valence-electron chi connectivity index (χ0n) is 12.5. The quantitative estimate of drug-likeness (QED) is 0.942. The Kier molecular flexibility index (Phi) is 3.99. The summed E-state index contributed by atoms with van der Waals surface area (Å²) in [5.74, 6) is 0.503. The van der Waals surface area contributed by atoms with Gasteiger partial charge in [-0.15, -0.1) is 11.3 Å². The number of fused-ring (bicyclic) bond motifs is 1. The van der Waals surface area contributed by atoms with Crippen LogP contribution in [0.1, 0.15) is 31.2 Å². The van der Waals surface area contributed by atoms with E-state index in [-0.39, 0.29) is 12.0 Å². The summed E-state index contributed by atoms with van der Waals surface area (Å²) >= 11 is 1.58. The molecular weight excluding hydrogens is 286 g/mol. The second kappa shape index (κ2) is 5.77. The number of rotatable bonds is 3. The lowest BCUT2D eigenvalue weighted by Gasteiger charge is -2.33. The molecule has 3 heterocycles. The summed E-state index contributed by atoms with van der Waals surface area (Å²) in [7, 11) is 0. The first-order chi connectivity index (χ1) is 10.0. The maximum absolute atomic E-state index is 12.4. The number of imidazole rings is 1. The van der Waals surface area contributed by atoms with Crippen molar-refractivity contribution >= 4 is 22.2 Å². The molecule has 6 heteroatoms. The van der Waals surface area contributed by atoms with Crippen LogP contribution in [-0.4, -0.2) is 44.5 Å². The van der Waals surface area contributed by atoms with Crippen molar-refractivity contribution in [3.63, 3.8) is 0 Å². The predicted octanol–water partition coefficient (Wildman–Crippen LogP) is 1.87. The molecule has 1 aliphatic heterocycles. The number of nitrogens with zero attached hydrogens (tertiary/aromatic N) is 3. The predicted molar refractivity (Wildman–Crippen MR) is 82.5 cm³/mol. The number of aryl methyl sites for hydroxylation is 1. The standard InChI is InChI=1S/C15H21N3O2S/c1-10-8-18-13(9-21-15(18)16-10)7-14(20)17-5-3-12(4-6-17)11(2)19/h8-9,11-12,19H,3-7H2,1-2H3. The fourth-order valence-electron chi connectivity index (χ4n) is 2.97. The van der Waals surface area contributed by atoms with Gasteiger partial charge in [-0.25, -0.2) is 4.98 Å². The van der Waals surface area contributed by atoms with Gasteiger partial charge in [-0.3, -0.25) is 9.20 Å². The molecule has 0 spiro atoms. The van der Waals surface area contributed by atoms with E-state index in [2.05, 4.69) is 4.98 Å². The molecule has 5 nitrogen and oxygen atoms in total. The van der Waals surface area contributed by atoms with Gasteiger partial charge < -0.3 is 10.0 Å². The van der Waals surface area contributed by atoms with E-state index < -0.39 is 0 Å². The van der Waals surface area contributed by atoms with Gasteiger partial charge in [-0.2, -0.15) is 0 Å². The molecule has 114 valence electrons. The molecule has 2 aromatic rings. The first kappa shape index (κ1) is 14.5. The number of carbonyl (C=O) groups excluding carboxylic acids is 1. The minimum absolute atomic E-state index is 0.171. The van der Waals surface area contributed by atoms with Gasteiger partial charge in [0.05, 0.1) is 18.2 Å². The third-order valence-electron chi connectivity index (χ3n) is 4.31. The number of amides is 1. The number of aliphatic hydroxyl groups is 1. The van der Waals surface area contributed by atoms with Crippen molar-refractivity contribution in [1.29, 1.82) is 0 Å². The van der Waals surface area contributed by atoms with Crippen molar-refractivity contribution in [2.75, 3.05) is 13.1 Å². The molecule has 1 unspecified atom stereocenters. The highest BCUT2D eigenvalue weighted by atomic mass is 32.1. The lowest BCUT2D eigenvalue weighted by Crippen LogP contribution is -2.41. The Labute approximate surface area is 128 Å². The maximum Gasteiger partial charge on any atom is 0.228 e. The van der Waals surface area contributed by atoms with Gasteiger partial charge in [0.1, 0.15) is 0 Å². The molecule has 1 atom stereocenters. The number of aliphatic hydroxyl groups excluding tert-OH is 1. The minimum Gasteiger partial charge on any atom is -0.393 e. The summed E-state index contributed by atoms with van der Waals surface area (Å²) in [6, 6.07) is 0. The van der Waals surface area contributed by atoms with Crippen molar-refractivity contribution in [2.45, 2.75) is 39.2 Å². The molecule has 21 heavy (non-hydrogen) atoms. The summed E-state index contributed by atoms with van der Waals surface area (Å²) in [6.07, 6.45) is 3.93. The van der Waals surface area contributed by atoms with E-state index >= 15 is 0 Å². The van der Waals surface area contributed by atoms with Gasteiger partial charge in [0.15, 0.2) is 4.96 Å². The van der Waals surface area contributed by atoms with Crippen molar-refractivity contribution in [3.8, 4) is 0 Å². The van der Waals surface area contributed by atoms with E-state index in [9.17, 15) is 9.90 Å². The van der Waals surface area contributed by atoms with Crippen LogP contribution in [0.25, 0.3) is 4.96 Å². The number of carbonyl (C=O) groups is 1. The SMILES string of the molecule is Cc1cn2c(CC(=O)N3CCC(C(C)O)CC3)csc2n1. The molecule has 2 aromatic heterocycles. The van der Waals surface area contributed by atoms with Crippen LogP contribution in [0.15, 0.2) is 11.6 Å². The van der Waals surface area contributed by atoms with Crippen LogP contribution in [0.2, 0.25) is 0 Å². The first-order valence-corrected chi connectivity index (χ1v) is 8.30. The molecule has 0 aliphatic carbocycles. The first-order valence-electron chi connectivity index (χ1n) is 7.42. The number of piperidine rings is 1. The van der Waals surface area contributed by atoms with Gasteiger partial charge in [-0.05, 0) is 32.6 Å². The van der Waals surface area contributed by atoms with Gasteiger partial charge >= 0.3 is 0 Å². The van der Waals surface area contributed by atoms with E-state index in [1.54, 1.807) is 11.3 Å². The molecule has 0 bridgehead atoms. The van der Waals surface area contributed by atoms with Crippen molar-refractivity contribution in [1.82, 2.24) is 14.3 Å². The van der Waals surface area contributed by atoms with Gasteiger partial charge in [0, 0.05) is 30.4 Å². The molecule has 1 fully saturated rings. The Morgan fingerprint density at radius 2 is 2.24 bits per heavy atom. The Hall–Kier alpha value is -1.40. The van der Waals surface area contributed by atoms with Crippen LogP contribution >= 0.6 is 11.3 Å². The second-order valence-corrected chi connectivity index (χ2v) is 6.73. The number of hydrogen-bond acceptors (Lipinski definition) is 4. The zero-order valence-corrected chi connectivity index (χ0v) is 13.3. The fraction of sp³-hybridized carbons (Fsp3) is 0.600. The number of likely N-dealkylation sites (tertiary alicyclic amines) is 1. The van der Waals surface area contributed by atoms with Crippen LogP contribution < -0.4 is 0 Å². The van der Waals surface area contributed by atoms with E-state index in [0.717, 1.165) is 42.3 Å². The molecule has 1 aliphatic rings. The highest BCUT2D eigenvalue weighted by molar-refractivity contribution is 7.15. The fourth-order valence-corrected chi connectivity index (χ4v) is 3.89. The topological polar surface area (TPSA) is 57.8 Å². The largest absolute Gasteiger partial charge is 0.393 e. The molecule has 0 saturated carbocycles. The highest BCUT2D eigenvalue weighted by Crippen LogP contribution is 2.22. The molecule has 0 radical (unpaired) electrons. The third-order valence-corrected chi connectivity index (χ3v) is 5.20. The van der Waals surface area contributed by atoms with Crippen molar-refractivity contribution in [3.05, 3.63) is 23.0 Å². The Morgan fingerprint density at radius 3 is 2.90 bits per heavy atom. The summed E-state index contributed by atoms with van der Waals surface area (Å²) in [5.41, 5.74) is 1.99. The molecule has 1 N–H and O–H groups in total. The van der Waals surface area contributed by atoms with E-state index in [1.165, 1.54) is 0 Å². The normalized spacial score (nSPS) is 18.3. The summed E-state index contributed by atoms with van der Waals surface area (Å²) < 4.78 is 2.01. The molecule has 1 amide bonds. The highest BCUT2D eigenvalue weighted by Gasteiger charge is 2.25. The average molecular weight is 307 g/mol. The van der Waals surface area contributed by atoms with Crippen molar-refractivity contribution < 1.29 is 9.90 Å². The Morgan fingerprint density at radius 1 is 1.52 bits per heavy atom. The number of aromatic nitrogens is 2. The van der Waals surface area contributed by atoms with Crippen LogP contribution in [0, 0.1) is 12.8 Å². The summed E-state index contributed by atoms with van der Waals surface area (Å²) in [6.45, 7) is 5.31. The number of thiazole rings is 1. The number of hydrogen-bond donors (Lipinski definition) is 1. The van der Waals surface area contributed by atoms with Gasteiger partial charge in [0.25, 0.3) is 0 Å². The lowest BCUT2D eigenvalue weighted by molar-refractivity contribution is -0.132. The average Bonchev–Trinajstić information content (AvgIpc) is 2.99. The summed E-state index contributed by atoms with van der Waals surface area (Å²) in [5, 5.41) is 11.6. The summed E-state index contributed by atoms with van der Waals surface area (Å²) in [4.78, 5) is 19.7. The van der Waals surface area contributed by atoms with Crippen LogP contribution in [0.4, 0.5) is 0 Å². The smallest absolute Gasteiger partial charge is 0.228 e. The molecular formula is C15H21N3O2S. The van der Waals surface area contributed by atoms with E-state index in [0.29, 0.717) is 12.3 Å². The van der Waals surface area contributed by atoms with Gasteiger partial charge in [-0.1, -0.05) is 0 Å². The molecule has 3 rings (SSSR count). The minimum atomic E-state index is -0.271. The lowest BCUT2D eigenvalue weighted by atomic mass is 9.92. The van der Waals surface area contributed by atoms with Crippen LogP contribution in [0.5, 0.6) is 0 Å². The molecule has 1 saturated heterocycles. The van der Waals surface area contributed by atoms with E-state index in [4.69, 9.17) is 0 Å². The monoisotopic (exact) mass is 307 g/mol. The van der Waals surface area contributed by atoms with Gasteiger partial charge in [0.2, 0.25) is 5.91 Å². The Balaban J connectivity index is 1.64. The van der Waals surface area contributed by atoms with Crippen LogP contribution in [0.3, 0.4) is 0 Å². The zero-order chi connectivity index (χ0) is 15.0.